The van der Waals surface area contributed by atoms with Gasteiger partial charge in [0, 0.05) is 0 Å². The van der Waals surface area contributed by atoms with Gasteiger partial charge in [0.15, 0.2) is 0 Å². The van der Waals surface area contributed by atoms with Gasteiger partial charge < -0.3 is 11.0 Å². The van der Waals surface area contributed by atoms with Crippen molar-refractivity contribution < 1.29 is 11.0 Å². The van der Waals surface area contributed by atoms with Crippen molar-refractivity contribution in [1.82, 2.24) is 0 Å². The summed E-state index contributed by atoms with van der Waals surface area (Å²) in [7, 11) is 20.2. The summed E-state index contributed by atoms with van der Waals surface area (Å²) in [5.74, 6) is 0. The zero-order valence-electron chi connectivity index (χ0n) is 3.01. The first-order chi connectivity index (χ1) is 2.00. The predicted octanol–water partition coefficient (Wildman–Crippen LogP) is 0.728. The van der Waals surface area contributed by atoms with Crippen LogP contribution in [0.4, 0.5) is 0 Å². The van der Waals surface area contributed by atoms with E-state index < -0.39 is 16.3 Å². The zero-order chi connectivity index (χ0) is 4.50. The summed E-state index contributed by atoms with van der Waals surface area (Å²) in [6.07, 6.45) is 0. The third-order valence-corrected chi connectivity index (χ3v) is 0. The molecule has 0 bridgehead atoms. The summed E-state index contributed by atoms with van der Waals surface area (Å²) in [5.41, 5.74) is 0. The molecule has 0 aliphatic carbocycles. The Labute approximate surface area is 59.8 Å². The molecule has 7 heteroatoms. The Morgan fingerprint density at radius 1 is 0.714 bits per heavy atom. The molecule has 0 aromatic rings. The summed E-state index contributed by atoms with van der Waals surface area (Å²) < 4.78 is 0. The topological polar surface area (TPSA) is 63.0 Å². The molecule has 0 saturated carbocycles. The molecule has 0 heterocycles. The summed E-state index contributed by atoms with van der Waals surface area (Å²) in [5, 5.41) is 0. The summed E-state index contributed by atoms with van der Waals surface area (Å²) in [4.78, 5) is 0. The van der Waals surface area contributed by atoms with Gasteiger partial charge in [0.05, 0.1) is 0 Å². The Kier molecular flexibility index (Phi) is 14.0. The maximum absolute atomic E-state index is 5.05. The first kappa shape index (κ1) is 16.0. The summed E-state index contributed by atoms with van der Waals surface area (Å²) in [6, 6.07) is 0. The van der Waals surface area contributed by atoms with Crippen LogP contribution in [0.2, 0.25) is 0 Å². The normalized spacial score (nSPS) is 8.57. The molecular formula is H4Cl4O2Pb. The quantitative estimate of drug-likeness (QED) is 0.553. The van der Waals surface area contributed by atoms with E-state index in [9.17, 15) is 0 Å². The molecule has 0 saturated heterocycles. The summed E-state index contributed by atoms with van der Waals surface area (Å²) >= 11 is -3.39. The van der Waals surface area contributed by atoms with Gasteiger partial charge in [-0.1, -0.05) is 0 Å². The average molecular weight is 385 g/mol. The van der Waals surface area contributed by atoms with E-state index in [2.05, 4.69) is 0 Å². The van der Waals surface area contributed by atoms with Gasteiger partial charge in [-0.2, -0.15) is 0 Å². The van der Waals surface area contributed by atoms with Crippen molar-refractivity contribution in [3.8, 4) is 0 Å². The van der Waals surface area contributed by atoms with E-state index in [0.29, 0.717) is 0 Å². The maximum atomic E-state index is 5.05. The molecule has 0 amide bonds. The molecule has 0 aromatic heterocycles. The molecular weight excluding hydrogens is 381 g/mol. The Hall–Kier alpha value is 2.00. The third kappa shape index (κ3) is 71.9. The molecule has 0 unspecified atom stereocenters. The molecule has 2 nitrogen and oxygen atoms in total. The van der Waals surface area contributed by atoms with Crippen LogP contribution >= 0.6 is 33.3 Å². The third-order valence-electron chi connectivity index (χ3n) is 0. The average Bonchev–Trinajstić information content (AvgIpc) is 0.722. The van der Waals surface area contributed by atoms with Crippen LogP contribution in [-0.2, 0) is 0 Å². The molecule has 0 aliphatic rings. The Morgan fingerprint density at radius 2 is 0.714 bits per heavy atom. The van der Waals surface area contributed by atoms with Crippen molar-refractivity contribution in [2.24, 2.45) is 0 Å². The standard InChI is InChI=1S/4ClH.2H2O.Pb/h4*1H;2*1H2;/q;;;;;;+4/p-4. The predicted molar refractivity (Wildman–Crippen MR) is 36.4 cm³/mol. The zero-order valence-corrected chi connectivity index (χ0v) is 9.92. The second-order valence-electron chi connectivity index (χ2n) is 0.429. The summed E-state index contributed by atoms with van der Waals surface area (Å²) in [6.45, 7) is 0. The van der Waals surface area contributed by atoms with E-state index >= 15 is 0 Å². The Morgan fingerprint density at radius 3 is 0.714 bits per heavy atom. The van der Waals surface area contributed by atoms with E-state index in [-0.39, 0.29) is 11.0 Å². The van der Waals surface area contributed by atoms with Crippen molar-refractivity contribution in [1.29, 1.82) is 0 Å². The van der Waals surface area contributed by atoms with Crippen LogP contribution in [0.5, 0.6) is 0 Å². The fraction of sp³-hybridized carbons (Fsp3) is 0. The van der Waals surface area contributed by atoms with E-state index in [0.717, 1.165) is 0 Å². The SMILES string of the molecule is O.O.[Cl][Pb]([Cl])([Cl])[Cl]. The Bertz CT molecular complexity index is 25.2. The van der Waals surface area contributed by atoms with Crippen molar-refractivity contribution in [2.45, 2.75) is 0 Å². The van der Waals surface area contributed by atoms with Gasteiger partial charge in [-0.3, -0.25) is 0 Å². The van der Waals surface area contributed by atoms with E-state index in [1.807, 2.05) is 0 Å². The van der Waals surface area contributed by atoms with Crippen molar-refractivity contribution in [3.05, 3.63) is 0 Å². The number of hydrogen-bond acceptors (Lipinski definition) is 0. The van der Waals surface area contributed by atoms with Crippen LogP contribution in [0.1, 0.15) is 0 Å². The molecule has 0 aliphatic heterocycles. The van der Waals surface area contributed by atoms with Gasteiger partial charge in [-0.15, -0.1) is 0 Å². The molecule has 4 N–H and O–H groups in total. The van der Waals surface area contributed by atoms with Crippen molar-refractivity contribution in [2.75, 3.05) is 0 Å². The van der Waals surface area contributed by atoms with Crippen LogP contribution < -0.4 is 0 Å². The number of rotatable bonds is 0. The molecule has 0 radical (unpaired) electrons. The minimum atomic E-state index is -3.39. The van der Waals surface area contributed by atoms with Crippen molar-refractivity contribution >= 4 is 49.5 Å². The second-order valence-corrected chi connectivity index (χ2v) is 33.8. The van der Waals surface area contributed by atoms with Crippen LogP contribution in [-0.4, -0.2) is 27.2 Å². The van der Waals surface area contributed by atoms with Gasteiger partial charge in [0.2, 0.25) is 0 Å². The van der Waals surface area contributed by atoms with Crippen LogP contribution in [0.25, 0.3) is 0 Å². The van der Waals surface area contributed by atoms with E-state index in [1.165, 1.54) is 0 Å². The first-order valence-electron chi connectivity index (χ1n) is 0.756. The molecule has 0 spiro atoms. The number of halogens is 4. The Balaban J connectivity index is -0.0000000800. The fourth-order valence-corrected chi connectivity index (χ4v) is 0. The second kappa shape index (κ2) is 6.13. The van der Waals surface area contributed by atoms with Crippen LogP contribution in [0, 0.1) is 0 Å². The van der Waals surface area contributed by atoms with Gasteiger partial charge in [0.25, 0.3) is 0 Å². The van der Waals surface area contributed by atoms with Gasteiger partial charge in [-0.25, -0.2) is 0 Å². The van der Waals surface area contributed by atoms with Gasteiger partial charge in [0.1, 0.15) is 0 Å². The van der Waals surface area contributed by atoms with Gasteiger partial charge in [-0.05, 0) is 0 Å². The molecule has 0 fully saturated rings. The molecule has 0 aromatic carbocycles. The fourth-order valence-electron chi connectivity index (χ4n) is 0. The van der Waals surface area contributed by atoms with Crippen LogP contribution in [0.15, 0.2) is 0 Å². The van der Waals surface area contributed by atoms with E-state index in [4.69, 9.17) is 33.3 Å². The number of hydrogen-bond donors (Lipinski definition) is 0. The monoisotopic (exact) mass is 384 g/mol. The molecule has 0 rings (SSSR count). The van der Waals surface area contributed by atoms with E-state index in [1.54, 1.807) is 0 Å². The molecule has 48 valence electrons. The minimum absolute atomic E-state index is 0. The molecule has 7 heavy (non-hydrogen) atoms. The van der Waals surface area contributed by atoms with Gasteiger partial charge >= 0.3 is 49.5 Å². The first-order valence-corrected chi connectivity index (χ1v) is 19.9. The van der Waals surface area contributed by atoms with Crippen molar-refractivity contribution in [3.63, 3.8) is 0 Å². The molecule has 0 atom stereocenters. The van der Waals surface area contributed by atoms with Crippen LogP contribution in [0.3, 0.4) is 0 Å².